The predicted octanol–water partition coefficient (Wildman–Crippen LogP) is 3.61. The SMILES string of the molecule is CC(C)(C)c1ccc(O)c(C(C)(C)C)c1.[Na]. The van der Waals surface area contributed by atoms with Gasteiger partial charge in [0.2, 0.25) is 0 Å². The van der Waals surface area contributed by atoms with E-state index in [1.165, 1.54) is 5.56 Å². The number of phenolic OH excluding ortho intramolecular Hbond substituents is 1. The van der Waals surface area contributed by atoms with Gasteiger partial charge in [0.25, 0.3) is 0 Å². The van der Waals surface area contributed by atoms with E-state index in [4.69, 9.17) is 0 Å². The Morgan fingerprint density at radius 2 is 1.38 bits per heavy atom. The molecule has 1 aromatic carbocycles. The number of hydrogen-bond acceptors (Lipinski definition) is 1. The number of benzene rings is 1. The Balaban J connectivity index is 0.00000225. The normalized spacial score (nSPS) is 12.1. The van der Waals surface area contributed by atoms with Crippen LogP contribution in [-0.4, -0.2) is 34.7 Å². The summed E-state index contributed by atoms with van der Waals surface area (Å²) >= 11 is 0. The van der Waals surface area contributed by atoms with Crippen LogP contribution in [0.1, 0.15) is 52.7 Å². The van der Waals surface area contributed by atoms with Crippen LogP contribution < -0.4 is 0 Å². The molecule has 2 heteroatoms. The second kappa shape index (κ2) is 5.12. The molecule has 0 spiro atoms. The number of phenols is 1. The van der Waals surface area contributed by atoms with Crippen LogP contribution in [-0.2, 0) is 10.8 Å². The number of aromatic hydroxyl groups is 1. The molecule has 1 rings (SSSR count). The Hall–Kier alpha value is 0.0200. The average molecular weight is 229 g/mol. The zero-order valence-electron chi connectivity index (χ0n) is 11.7. The van der Waals surface area contributed by atoms with Crippen molar-refractivity contribution in [1.29, 1.82) is 0 Å². The van der Waals surface area contributed by atoms with Crippen molar-refractivity contribution in [3.8, 4) is 5.75 Å². The topological polar surface area (TPSA) is 20.2 Å². The minimum atomic E-state index is -0.00859. The number of hydrogen-bond donors (Lipinski definition) is 1. The summed E-state index contributed by atoms with van der Waals surface area (Å²) in [6, 6.07) is 5.93. The van der Waals surface area contributed by atoms with Gasteiger partial charge in [0, 0.05) is 29.6 Å². The van der Waals surface area contributed by atoms with Crippen LogP contribution in [0.25, 0.3) is 0 Å². The van der Waals surface area contributed by atoms with Gasteiger partial charge in [0.15, 0.2) is 0 Å². The maximum atomic E-state index is 9.84. The first-order valence-electron chi connectivity index (χ1n) is 5.46. The van der Waals surface area contributed by atoms with Crippen molar-refractivity contribution in [1.82, 2.24) is 0 Å². The van der Waals surface area contributed by atoms with Crippen LogP contribution in [0.2, 0.25) is 0 Å². The molecule has 0 aliphatic heterocycles. The molecule has 16 heavy (non-hydrogen) atoms. The molecule has 0 bridgehead atoms. The quantitative estimate of drug-likeness (QED) is 0.674. The smallest absolute Gasteiger partial charge is 0.119 e. The van der Waals surface area contributed by atoms with Crippen molar-refractivity contribution < 1.29 is 5.11 Å². The Bertz CT molecular complexity index is 356. The van der Waals surface area contributed by atoms with Gasteiger partial charge in [0.1, 0.15) is 5.75 Å². The van der Waals surface area contributed by atoms with Crippen molar-refractivity contribution in [2.75, 3.05) is 0 Å². The first-order chi connectivity index (χ1) is 6.62. The summed E-state index contributed by atoms with van der Waals surface area (Å²) < 4.78 is 0. The van der Waals surface area contributed by atoms with E-state index >= 15 is 0 Å². The second-order valence-corrected chi connectivity index (χ2v) is 6.23. The van der Waals surface area contributed by atoms with Crippen molar-refractivity contribution in [3.63, 3.8) is 0 Å². The first kappa shape index (κ1) is 16.0. The van der Waals surface area contributed by atoms with Gasteiger partial charge < -0.3 is 5.11 Å². The van der Waals surface area contributed by atoms with E-state index in [0.29, 0.717) is 5.75 Å². The van der Waals surface area contributed by atoms with Crippen molar-refractivity contribution in [2.24, 2.45) is 0 Å². The molecule has 0 amide bonds. The van der Waals surface area contributed by atoms with E-state index < -0.39 is 0 Å². The molecule has 0 saturated heterocycles. The fourth-order valence-electron chi connectivity index (χ4n) is 1.60. The third-order valence-corrected chi connectivity index (χ3v) is 2.67. The first-order valence-corrected chi connectivity index (χ1v) is 5.46. The molecule has 0 aliphatic rings. The minimum Gasteiger partial charge on any atom is -0.508 e. The average Bonchev–Trinajstić information content (AvgIpc) is 2.00. The molecule has 0 fully saturated rings. The molecule has 0 atom stereocenters. The molecule has 1 aromatic rings. The van der Waals surface area contributed by atoms with Crippen molar-refractivity contribution in [3.05, 3.63) is 29.3 Å². The fourth-order valence-corrected chi connectivity index (χ4v) is 1.60. The zero-order valence-corrected chi connectivity index (χ0v) is 13.7. The van der Waals surface area contributed by atoms with Crippen LogP contribution in [0.15, 0.2) is 18.2 Å². The Kier molecular flexibility index (Phi) is 5.12. The van der Waals surface area contributed by atoms with E-state index in [-0.39, 0.29) is 40.4 Å². The molecule has 1 N–H and O–H groups in total. The molecule has 0 aromatic heterocycles. The second-order valence-electron chi connectivity index (χ2n) is 6.23. The Labute approximate surface area is 122 Å². The largest absolute Gasteiger partial charge is 0.508 e. The Morgan fingerprint density at radius 1 is 0.875 bits per heavy atom. The summed E-state index contributed by atoms with van der Waals surface area (Å²) in [5, 5.41) is 9.84. The fraction of sp³-hybridized carbons (Fsp3) is 0.571. The van der Waals surface area contributed by atoms with Crippen molar-refractivity contribution in [2.45, 2.75) is 52.4 Å². The van der Waals surface area contributed by atoms with E-state index in [1.54, 1.807) is 6.07 Å². The predicted molar refractivity (Wildman–Crippen MR) is 71.3 cm³/mol. The van der Waals surface area contributed by atoms with E-state index in [1.807, 2.05) is 6.07 Å². The van der Waals surface area contributed by atoms with E-state index in [9.17, 15) is 5.11 Å². The van der Waals surface area contributed by atoms with Gasteiger partial charge in [-0.1, -0.05) is 53.7 Å². The van der Waals surface area contributed by atoms with E-state index in [2.05, 4.69) is 47.6 Å². The van der Waals surface area contributed by atoms with Gasteiger partial charge in [-0.3, -0.25) is 0 Å². The summed E-state index contributed by atoms with van der Waals surface area (Å²) in [5.74, 6) is 0.399. The molecule has 1 radical (unpaired) electrons. The molecule has 0 aliphatic carbocycles. The number of rotatable bonds is 0. The molecule has 1 nitrogen and oxygen atoms in total. The van der Waals surface area contributed by atoms with Crippen LogP contribution in [0, 0.1) is 0 Å². The zero-order chi connectivity index (χ0) is 11.9. The van der Waals surface area contributed by atoms with Gasteiger partial charge in [-0.05, 0) is 28.0 Å². The molecule has 0 saturated carbocycles. The maximum absolute atomic E-state index is 9.84. The van der Waals surface area contributed by atoms with Gasteiger partial charge in [0.05, 0.1) is 0 Å². The third-order valence-electron chi connectivity index (χ3n) is 2.67. The van der Waals surface area contributed by atoms with Gasteiger partial charge in [-0.25, -0.2) is 0 Å². The van der Waals surface area contributed by atoms with E-state index in [0.717, 1.165) is 5.56 Å². The van der Waals surface area contributed by atoms with Gasteiger partial charge in [-0.2, -0.15) is 0 Å². The van der Waals surface area contributed by atoms with Crippen LogP contribution in [0.3, 0.4) is 0 Å². The van der Waals surface area contributed by atoms with Gasteiger partial charge >= 0.3 is 0 Å². The van der Waals surface area contributed by atoms with Crippen molar-refractivity contribution >= 4 is 29.6 Å². The summed E-state index contributed by atoms with van der Waals surface area (Å²) in [7, 11) is 0. The maximum Gasteiger partial charge on any atom is 0.119 e. The molecule has 85 valence electrons. The monoisotopic (exact) mass is 229 g/mol. The molecular weight excluding hydrogens is 207 g/mol. The molecule has 0 heterocycles. The Morgan fingerprint density at radius 3 is 1.75 bits per heavy atom. The standard InChI is InChI=1S/C14H22O.Na/c1-13(2,3)10-7-8-12(15)11(9-10)14(4,5)6;/h7-9,15H,1-6H3;. The molecule has 0 unspecified atom stereocenters. The summed E-state index contributed by atoms with van der Waals surface area (Å²) in [6.45, 7) is 12.9. The van der Waals surface area contributed by atoms with Gasteiger partial charge in [-0.15, -0.1) is 0 Å². The van der Waals surface area contributed by atoms with Crippen LogP contribution in [0.5, 0.6) is 5.75 Å². The van der Waals surface area contributed by atoms with Crippen LogP contribution in [0.4, 0.5) is 0 Å². The van der Waals surface area contributed by atoms with Crippen LogP contribution >= 0.6 is 0 Å². The summed E-state index contributed by atoms with van der Waals surface area (Å²) in [4.78, 5) is 0. The minimum absolute atomic E-state index is 0. The third kappa shape index (κ3) is 3.80. The molecular formula is C14H22NaO. The summed E-state index contributed by atoms with van der Waals surface area (Å²) in [6.07, 6.45) is 0. The summed E-state index contributed by atoms with van der Waals surface area (Å²) in [5.41, 5.74) is 2.42.